The smallest absolute Gasteiger partial charge is 0.183 e. The van der Waals surface area contributed by atoms with Gasteiger partial charge in [-0.15, -0.1) is 0 Å². The van der Waals surface area contributed by atoms with Crippen LogP contribution < -0.4 is 5.32 Å². The zero-order valence-electron chi connectivity index (χ0n) is 16.3. The quantitative estimate of drug-likeness (QED) is 0.640. The summed E-state index contributed by atoms with van der Waals surface area (Å²) in [6.07, 6.45) is 10.8. The van der Waals surface area contributed by atoms with Crippen LogP contribution in [-0.4, -0.2) is 50.5 Å². The lowest BCUT2D eigenvalue weighted by molar-refractivity contribution is 0.154. The average Bonchev–Trinajstić information content (AvgIpc) is 3.16. The van der Waals surface area contributed by atoms with E-state index >= 15 is 0 Å². The molecule has 1 atom stereocenters. The highest BCUT2D eigenvalue weighted by atomic mass is 19.1. The number of hydrogen-bond donors (Lipinski definition) is 2. The predicted octanol–water partition coefficient (Wildman–Crippen LogP) is 4.23. The highest BCUT2D eigenvalue weighted by Crippen LogP contribution is 2.26. The van der Waals surface area contributed by atoms with Crippen molar-refractivity contribution in [3.05, 3.63) is 36.5 Å². The van der Waals surface area contributed by atoms with Gasteiger partial charge in [0, 0.05) is 35.9 Å². The van der Waals surface area contributed by atoms with Crippen molar-refractivity contribution in [2.24, 2.45) is 0 Å². The second-order valence-electron chi connectivity index (χ2n) is 7.41. The molecule has 148 valence electrons. The number of aromatic amines is 1. The molecule has 3 aromatic heterocycles. The number of piperidine rings is 1. The van der Waals surface area contributed by atoms with Crippen LogP contribution in [0.3, 0.4) is 0 Å². The molecule has 1 unspecified atom stereocenters. The summed E-state index contributed by atoms with van der Waals surface area (Å²) in [5.41, 5.74) is 1.60. The molecule has 1 saturated heterocycles. The first-order valence-corrected chi connectivity index (χ1v) is 10.2. The highest BCUT2D eigenvalue weighted by molar-refractivity contribution is 5.91. The van der Waals surface area contributed by atoms with E-state index in [2.05, 4.69) is 37.1 Å². The average molecular weight is 382 g/mol. The Balaban J connectivity index is 1.51. The fourth-order valence-electron chi connectivity index (χ4n) is 3.92. The molecule has 1 aliphatic rings. The zero-order valence-corrected chi connectivity index (χ0v) is 16.3. The molecule has 0 radical (unpaired) electrons. The third-order valence-corrected chi connectivity index (χ3v) is 5.49. The van der Waals surface area contributed by atoms with Gasteiger partial charge in [0.2, 0.25) is 0 Å². The fourth-order valence-corrected chi connectivity index (χ4v) is 3.92. The van der Waals surface area contributed by atoms with Gasteiger partial charge in [-0.1, -0.05) is 19.8 Å². The topological polar surface area (TPSA) is 69.7 Å². The van der Waals surface area contributed by atoms with Gasteiger partial charge in [-0.3, -0.25) is 4.90 Å². The summed E-state index contributed by atoms with van der Waals surface area (Å²) >= 11 is 0. The molecule has 4 rings (SSSR count). The number of fused-ring (bicyclic) bond motifs is 1. The van der Waals surface area contributed by atoms with Crippen molar-refractivity contribution in [2.45, 2.75) is 45.1 Å². The summed E-state index contributed by atoms with van der Waals surface area (Å²) in [4.78, 5) is 18.6. The molecule has 0 aliphatic carbocycles. The summed E-state index contributed by atoms with van der Waals surface area (Å²) in [5, 5.41) is 4.17. The van der Waals surface area contributed by atoms with Gasteiger partial charge >= 0.3 is 0 Å². The molecule has 3 aromatic rings. The van der Waals surface area contributed by atoms with E-state index in [1.807, 2.05) is 18.3 Å². The maximum Gasteiger partial charge on any atom is 0.183 e. The van der Waals surface area contributed by atoms with Crippen molar-refractivity contribution in [3.8, 4) is 11.4 Å². The molecule has 1 aliphatic heterocycles. The van der Waals surface area contributed by atoms with E-state index in [0.717, 1.165) is 36.1 Å². The number of anilines is 1. The van der Waals surface area contributed by atoms with E-state index in [1.165, 1.54) is 31.9 Å². The predicted molar refractivity (Wildman–Crippen MR) is 110 cm³/mol. The molecule has 1 fully saturated rings. The Hall–Kier alpha value is -2.54. The Morgan fingerprint density at radius 3 is 3.14 bits per heavy atom. The molecule has 2 N–H and O–H groups in total. The number of rotatable bonds is 7. The maximum absolute atomic E-state index is 14.4. The first-order valence-electron chi connectivity index (χ1n) is 10.2. The van der Waals surface area contributed by atoms with Crippen molar-refractivity contribution in [1.29, 1.82) is 0 Å². The third kappa shape index (κ3) is 3.99. The molecule has 0 aromatic carbocycles. The molecule has 0 saturated carbocycles. The fraction of sp³-hybridized carbons (Fsp3) is 0.476. The summed E-state index contributed by atoms with van der Waals surface area (Å²) < 4.78 is 14.4. The number of unbranched alkanes of at least 4 members (excludes halogenated alkanes) is 1. The number of pyridine rings is 1. The molecular weight excluding hydrogens is 355 g/mol. The van der Waals surface area contributed by atoms with Crippen molar-refractivity contribution in [2.75, 3.05) is 25.0 Å². The van der Waals surface area contributed by atoms with Crippen LogP contribution in [0, 0.1) is 5.82 Å². The van der Waals surface area contributed by atoms with Gasteiger partial charge in [-0.2, -0.15) is 0 Å². The number of halogens is 1. The van der Waals surface area contributed by atoms with Crippen molar-refractivity contribution < 1.29 is 4.39 Å². The Bertz CT molecular complexity index is 924. The van der Waals surface area contributed by atoms with E-state index in [4.69, 9.17) is 0 Å². The van der Waals surface area contributed by atoms with Crippen molar-refractivity contribution in [3.63, 3.8) is 0 Å². The number of likely N-dealkylation sites (tertiary alicyclic amines) is 1. The van der Waals surface area contributed by atoms with Gasteiger partial charge in [-0.25, -0.2) is 19.3 Å². The first kappa shape index (κ1) is 18.8. The van der Waals surface area contributed by atoms with Crippen LogP contribution in [0.5, 0.6) is 0 Å². The van der Waals surface area contributed by atoms with Gasteiger partial charge < -0.3 is 10.3 Å². The molecule has 0 bridgehead atoms. The van der Waals surface area contributed by atoms with Crippen LogP contribution in [0.15, 0.2) is 30.7 Å². The van der Waals surface area contributed by atoms with Crippen molar-refractivity contribution >= 4 is 16.9 Å². The minimum Gasteiger partial charge on any atom is -0.366 e. The van der Waals surface area contributed by atoms with Crippen LogP contribution >= 0.6 is 0 Å². The summed E-state index contributed by atoms with van der Waals surface area (Å²) in [6, 6.07) is 4.26. The largest absolute Gasteiger partial charge is 0.366 e. The second-order valence-corrected chi connectivity index (χ2v) is 7.41. The van der Waals surface area contributed by atoms with Gasteiger partial charge in [0.25, 0.3) is 0 Å². The third-order valence-electron chi connectivity index (χ3n) is 5.49. The summed E-state index contributed by atoms with van der Waals surface area (Å²) in [6.45, 7) is 5.16. The maximum atomic E-state index is 14.4. The lowest BCUT2D eigenvalue weighted by Gasteiger charge is -2.36. The highest BCUT2D eigenvalue weighted by Gasteiger charge is 2.22. The van der Waals surface area contributed by atoms with E-state index in [9.17, 15) is 4.39 Å². The molecule has 4 heterocycles. The minimum absolute atomic E-state index is 0.268. The lowest BCUT2D eigenvalue weighted by atomic mass is 10.0. The Morgan fingerprint density at radius 1 is 1.32 bits per heavy atom. The van der Waals surface area contributed by atoms with Gasteiger partial charge in [0.05, 0.1) is 6.20 Å². The second kappa shape index (κ2) is 8.65. The van der Waals surface area contributed by atoms with E-state index in [1.54, 1.807) is 6.20 Å². The Morgan fingerprint density at radius 2 is 2.25 bits per heavy atom. The molecule has 6 nitrogen and oxygen atoms in total. The molecule has 0 spiro atoms. The normalized spacial score (nSPS) is 17.9. The number of H-pyrrole nitrogens is 1. The Kier molecular flexibility index (Phi) is 5.81. The minimum atomic E-state index is -0.419. The Labute approximate surface area is 164 Å². The number of nitrogens with zero attached hydrogens (tertiary/aromatic N) is 4. The SMILES string of the molecule is CCCCN1CCCCC1CNc1nc(-c2c[nH]c3ncccc23)ncc1F. The number of aromatic nitrogens is 4. The molecule has 0 amide bonds. The van der Waals surface area contributed by atoms with E-state index in [0.29, 0.717) is 18.4 Å². The van der Waals surface area contributed by atoms with Gasteiger partial charge in [-0.05, 0) is 44.5 Å². The monoisotopic (exact) mass is 382 g/mol. The zero-order chi connectivity index (χ0) is 19.3. The van der Waals surface area contributed by atoms with Gasteiger partial charge in [0.1, 0.15) is 5.65 Å². The molecule has 28 heavy (non-hydrogen) atoms. The van der Waals surface area contributed by atoms with Crippen LogP contribution in [0.25, 0.3) is 22.4 Å². The van der Waals surface area contributed by atoms with Crippen LogP contribution in [-0.2, 0) is 0 Å². The van der Waals surface area contributed by atoms with Crippen molar-refractivity contribution in [1.82, 2.24) is 24.8 Å². The summed E-state index contributed by atoms with van der Waals surface area (Å²) in [5.74, 6) is 0.344. The molecule has 7 heteroatoms. The van der Waals surface area contributed by atoms with Crippen LogP contribution in [0.2, 0.25) is 0 Å². The van der Waals surface area contributed by atoms with Gasteiger partial charge in [0.15, 0.2) is 17.5 Å². The van der Waals surface area contributed by atoms with Crippen LogP contribution in [0.4, 0.5) is 10.2 Å². The lowest BCUT2D eigenvalue weighted by Crippen LogP contribution is -2.44. The van der Waals surface area contributed by atoms with Crippen LogP contribution in [0.1, 0.15) is 39.0 Å². The molecular formula is C21H27FN6. The number of nitrogens with one attached hydrogen (secondary N) is 2. The first-order chi connectivity index (χ1) is 13.8. The summed E-state index contributed by atoms with van der Waals surface area (Å²) in [7, 11) is 0. The van der Waals surface area contributed by atoms with E-state index < -0.39 is 5.82 Å². The van der Waals surface area contributed by atoms with E-state index in [-0.39, 0.29) is 5.82 Å². The number of hydrogen-bond acceptors (Lipinski definition) is 5. The standard InChI is InChI=1S/C21H27FN6/c1-2-3-10-28-11-5-4-7-15(28)12-24-21-18(22)14-26-20(27-21)17-13-25-19-16(17)8-6-9-23-19/h6,8-9,13-15H,2-5,7,10-12H2,1H3,(H,23,25)(H,24,26,27).